The highest BCUT2D eigenvalue weighted by atomic mass is 19.1. The highest BCUT2D eigenvalue weighted by Gasteiger charge is 2.29. The van der Waals surface area contributed by atoms with Gasteiger partial charge in [-0.2, -0.15) is 0 Å². The number of rotatable bonds is 6. The fraction of sp³-hybridized carbons (Fsp3) is 0.684. The summed E-state index contributed by atoms with van der Waals surface area (Å²) in [7, 11) is 0. The summed E-state index contributed by atoms with van der Waals surface area (Å²) in [4.78, 5) is 0. The van der Waals surface area contributed by atoms with E-state index in [4.69, 9.17) is 0 Å². The summed E-state index contributed by atoms with van der Waals surface area (Å²) in [6.07, 6.45) is 7.72. The van der Waals surface area contributed by atoms with Crippen molar-refractivity contribution < 1.29 is 4.39 Å². The zero-order valence-corrected chi connectivity index (χ0v) is 13.8. The fourth-order valence-corrected chi connectivity index (χ4v) is 3.96. The molecule has 0 bridgehead atoms. The Labute approximate surface area is 129 Å². The number of aryl methyl sites for hydroxylation is 1. The van der Waals surface area contributed by atoms with Gasteiger partial charge in [0.25, 0.3) is 0 Å². The molecule has 1 N–H and O–H groups in total. The highest BCUT2D eigenvalue weighted by Crippen LogP contribution is 2.34. The van der Waals surface area contributed by atoms with Crippen LogP contribution in [0.2, 0.25) is 0 Å². The topological polar surface area (TPSA) is 12.0 Å². The van der Waals surface area contributed by atoms with Gasteiger partial charge in [-0.15, -0.1) is 0 Å². The van der Waals surface area contributed by atoms with E-state index in [9.17, 15) is 4.39 Å². The van der Waals surface area contributed by atoms with Crippen molar-refractivity contribution in [2.24, 2.45) is 11.8 Å². The molecule has 0 amide bonds. The molecule has 1 aromatic rings. The van der Waals surface area contributed by atoms with Gasteiger partial charge in [-0.05, 0) is 74.2 Å². The molecule has 1 nitrogen and oxygen atoms in total. The van der Waals surface area contributed by atoms with Gasteiger partial charge < -0.3 is 5.32 Å². The standard InChI is InChI=1S/C19H30FN/c1-4-6-15-7-10-19(21-5-2)17(12-15)13-16-8-9-18(20)11-14(16)3/h8-9,11,15,17,19,21H,4-7,10,12-13H2,1-3H3. The third kappa shape index (κ3) is 4.54. The minimum atomic E-state index is -0.119. The van der Waals surface area contributed by atoms with Crippen LogP contribution in [0.4, 0.5) is 4.39 Å². The van der Waals surface area contributed by atoms with Crippen molar-refractivity contribution in [2.45, 2.75) is 65.3 Å². The third-order valence-corrected chi connectivity index (χ3v) is 5.04. The molecule has 1 aromatic carbocycles. The molecule has 3 unspecified atom stereocenters. The highest BCUT2D eigenvalue weighted by molar-refractivity contribution is 5.27. The molecule has 0 aliphatic heterocycles. The van der Waals surface area contributed by atoms with Gasteiger partial charge in [-0.3, -0.25) is 0 Å². The van der Waals surface area contributed by atoms with Crippen molar-refractivity contribution in [1.82, 2.24) is 5.32 Å². The van der Waals surface area contributed by atoms with Crippen LogP contribution in [0.3, 0.4) is 0 Å². The second kappa shape index (κ2) is 7.93. The van der Waals surface area contributed by atoms with Crippen LogP contribution in [0.5, 0.6) is 0 Å². The zero-order valence-electron chi connectivity index (χ0n) is 13.8. The predicted octanol–water partition coefficient (Wildman–Crippen LogP) is 4.87. The van der Waals surface area contributed by atoms with Crippen LogP contribution < -0.4 is 5.32 Å². The number of halogens is 1. The van der Waals surface area contributed by atoms with E-state index in [0.29, 0.717) is 12.0 Å². The molecule has 1 aliphatic rings. The minimum Gasteiger partial charge on any atom is -0.314 e. The maximum absolute atomic E-state index is 13.3. The van der Waals surface area contributed by atoms with E-state index in [-0.39, 0.29) is 5.82 Å². The lowest BCUT2D eigenvalue weighted by Gasteiger charge is -2.37. The molecule has 118 valence electrons. The van der Waals surface area contributed by atoms with Gasteiger partial charge in [0.05, 0.1) is 0 Å². The predicted molar refractivity (Wildman–Crippen MR) is 88.0 cm³/mol. The first kappa shape index (κ1) is 16.5. The smallest absolute Gasteiger partial charge is 0.123 e. The van der Waals surface area contributed by atoms with Crippen molar-refractivity contribution in [3.8, 4) is 0 Å². The molecule has 0 radical (unpaired) electrons. The fourth-order valence-electron chi connectivity index (χ4n) is 3.96. The van der Waals surface area contributed by atoms with Crippen LogP contribution in [-0.2, 0) is 6.42 Å². The van der Waals surface area contributed by atoms with Gasteiger partial charge in [-0.25, -0.2) is 4.39 Å². The molecule has 0 spiro atoms. The van der Waals surface area contributed by atoms with Gasteiger partial charge in [0.1, 0.15) is 5.82 Å². The monoisotopic (exact) mass is 291 g/mol. The minimum absolute atomic E-state index is 0.119. The normalized spacial score (nSPS) is 26.0. The first-order chi connectivity index (χ1) is 10.1. The molecule has 21 heavy (non-hydrogen) atoms. The largest absolute Gasteiger partial charge is 0.314 e. The number of benzene rings is 1. The van der Waals surface area contributed by atoms with E-state index >= 15 is 0 Å². The van der Waals surface area contributed by atoms with Gasteiger partial charge in [-0.1, -0.05) is 32.8 Å². The van der Waals surface area contributed by atoms with Crippen LogP contribution in [0.25, 0.3) is 0 Å². The Balaban J connectivity index is 2.07. The van der Waals surface area contributed by atoms with Gasteiger partial charge >= 0.3 is 0 Å². The number of hydrogen-bond acceptors (Lipinski definition) is 1. The summed E-state index contributed by atoms with van der Waals surface area (Å²) < 4.78 is 13.3. The summed E-state index contributed by atoms with van der Waals surface area (Å²) in [5, 5.41) is 3.67. The van der Waals surface area contributed by atoms with Gasteiger partial charge in [0.2, 0.25) is 0 Å². The van der Waals surface area contributed by atoms with Gasteiger partial charge in [0.15, 0.2) is 0 Å². The quantitative estimate of drug-likeness (QED) is 0.788. The Morgan fingerprint density at radius 1 is 1.24 bits per heavy atom. The molecule has 1 saturated carbocycles. The lowest BCUT2D eigenvalue weighted by Crippen LogP contribution is -2.41. The zero-order chi connectivity index (χ0) is 15.2. The van der Waals surface area contributed by atoms with Crippen LogP contribution >= 0.6 is 0 Å². The van der Waals surface area contributed by atoms with Crippen LogP contribution in [0, 0.1) is 24.6 Å². The van der Waals surface area contributed by atoms with Crippen molar-refractivity contribution in [2.75, 3.05) is 6.54 Å². The summed E-state index contributed by atoms with van der Waals surface area (Å²) in [6.45, 7) is 7.56. The van der Waals surface area contributed by atoms with E-state index in [0.717, 1.165) is 24.4 Å². The van der Waals surface area contributed by atoms with Crippen molar-refractivity contribution in [3.63, 3.8) is 0 Å². The Bertz CT molecular complexity index is 443. The second-order valence-electron chi connectivity index (χ2n) is 6.67. The lowest BCUT2D eigenvalue weighted by molar-refractivity contribution is 0.195. The van der Waals surface area contributed by atoms with E-state index in [2.05, 4.69) is 19.2 Å². The van der Waals surface area contributed by atoms with Crippen LogP contribution in [0.1, 0.15) is 57.1 Å². The first-order valence-electron chi connectivity index (χ1n) is 8.62. The van der Waals surface area contributed by atoms with Gasteiger partial charge in [0, 0.05) is 6.04 Å². The Morgan fingerprint density at radius 3 is 2.71 bits per heavy atom. The van der Waals surface area contributed by atoms with E-state index in [1.165, 1.54) is 37.7 Å². The molecule has 3 atom stereocenters. The summed E-state index contributed by atoms with van der Waals surface area (Å²) in [6, 6.07) is 5.89. The molecule has 0 heterocycles. The average Bonchev–Trinajstić information content (AvgIpc) is 2.45. The Hall–Kier alpha value is -0.890. The molecule has 2 heteroatoms. The molecule has 2 rings (SSSR count). The Kier molecular flexibility index (Phi) is 6.22. The first-order valence-corrected chi connectivity index (χ1v) is 8.62. The SMILES string of the molecule is CCCC1CCC(NCC)C(Cc2ccc(F)cc2C)C1. The van der Waals surface area contributed by atoms with Crippen LogP contribution in [-0.4, -0.2) is 12.6 Å². The lowest BCUT2D eigenvalue weighted by atomic mass is 9.73. The van der Waals surface area contributed by atoms with Crippen LogP contribution in [0.15, 0.2) is 18.2 Å². The average molecular weight is 291 g/mol. The maximum atomic E-state index is 13.3. The van der Waals surface area contributed by atoms with Crippen molar-refractivity contribution in [3.05, 3.63) is 35.1 Å². The third-order valence-electron chi connectivity index (χ3n) is 5.04. The molecule has 1 fully saturated rings. The van der Waals surface area contributed by atoms with E-state index in [1.54, 1.807) is 12.1 Å². The molecular formula is C19H30FN. The Morgan fingerprint density at radius 2 is 2.05 bits per heavy atom. The summed E-state index contributed by atoms with van der Waals surface area (Å²) in [5.41, 5.74) is 2.42. The van der Waals surface area contributed by atoms with Crippen molar-refractivity contribution >= 4 is 0 Å². The molecular weight excluding hydrogens is 261 g/mol. The summed E-state index contributed by atoms with van der Waals surface area (Å²) >= 11 is 0. The molecule has 0 aromatic heterocycles. The van der Waals surface area contributed by atoms with E-state index in [1.807, 2.05) is 13.0 Å². The van der Waals surface area contributed by atoms with E-state index < -0.39 is 0 Å². The second-order valence-corrected chi connectivity index (χ2v) is 6.67. The number of nitrogens with one attached hydrogen (secondary N) is 1. The van der Waals surface area contributed by atoms with Crippen molar-refractivity contribution in [1.29, 1.82) is 0 Å². The number of hydrogen-bond donors (Lipinski definition) is 1. The maximum Gasteiger partial charge on any atom is 0.123 e. The molecule has 0 saturated heterocycles. The summed E-state index contributed by atoms with van der Waals surface area (Å²) in [5.74, 6) is 1.46. The molecule has 1 aliphatic carbocycles.